The molecule has 0 spiro atoms. The second kappa shape index (κ2) is 8.04. The van der Waals surface area contributed by atoms with Crippen LogP contribution in [0, 0.1) is 5.92 Å². The lowest BCUT2D eigenvalue weighted by Crippen LogP contribution is -2.49. The maximum Gasteiger partial charge on any atom is 0.255 e. The van der Waals surface area contributed by atoms with E-state index in [-0.39, 0.29) is 17.7 Å². The summed E-state index contributed by atoms with van der Waals surface area (Å²) in [5.74, 6) is 0.164. The number of piperazine rings is 1. The molecule has 5 heteroatoms. The van der Waals surface area contributed by atoms with Gasteiger partial charge in [-0.2, -0.15) is 0 Å². The number of amides is 2. The molecule has 2 amide bonds. The maximum absolute atomic E-state index is 12.2. The number of hydrogen-bond acceptors (Lipinski definition) is 3. The molecule has 1 aliphatic heterocycles. The van der Waals surface area contributed by atoms with Gasteiger partial charge in [0.05, 0.1) is 0 Å². The van der Waals surface area contributed by atoms with E-state index in [1.54, 1.807) is 12.1 Å². The zero-order valence-corrected chi connectivity index (χ0v) is 15.3. The van der Waals surface area contributed by atoms with E-state index in [2.05, 4.69) is 10.2 Å². The monoisotopic (exact) mass is 351 g/mol. The van der Waals surface area contributed by atoms with Gasteiger partial charge >= 0.3 is 0 Å². The first-order chi connectivity index (χ1) is 12.5. The molecule has 2 aromatic carbocycles. The van der Waals surface area contributed by atoms with Crippen molar-refractivity contribution in [1.29, 1.82) is 0 Å². The van der Waals surface area contributed by atoms with Crippen LogP contribution < -0.4 is 10.2 Å². The Kier molecular flexibility index (Phi) is 5.56. The van der Waals surface area contributed by atoms with Gasteiger partial charge in [-0.1, -0.05) is 32.0 Å². The maximum atomic E-state index is 12.2. The zero-order valence-electron chi connectivity index (χ0n) is 15.3. The Morgan fingerprint density at radius 3 is 2.08 bits per heavy atom. The molecule has 2 aromatic rings. The second-order valence-electron chi connectivity index (χ2n) is 6.83. The van der Waals surface area contributed by atoms with Crippen molar-refractivity contribution in [3.8, 4) is 0 Å². The minimum Gasteiger partial charge on any atom is -0.368 e. The van der Waals surface area contributed by atoms with Gasteiger partial charge in [0.15, 0.2) is 0 Å². The molecule has 3 rings (SSSR count). The highest BCUT2D eigenvalue weighted by atomic mass is 16.2. The van der Waals surface area contributed by atoms with Gasteiger partial charge in [0.2, 0.25) is 5.91 Å². The smallest absolute Gasteiger partial charge is 0.255 e. The largest absolute Gasteiger partial charge is 0.368 e. The summed E-state index contributed by atoms with van der Waals surface area (Å²) in [4.78, 5) is 28.5. The van der Waals surface area contributed by atoms with Gasteiger partial charge in [-0.3, -0.25) is 9.59 Å². The van der Waals surface area contributed by atoms with E-state index in [1.807, 2.05) is 61.2 Å². The molecule has 1 N–H and O–H groups in total. The molecular weight excluding hydrogens is 326 g/mol. The molecule has 1 aliphatic rings. The van der Waals surface area contributed by atoms with Gasteiger partial charge in [-0.05, 0) is 36.4 Å². The fraction of sp³-hybridized carbons (Fsp3) is 0.333. The lowest BCUT2D eigenvalue weighted by Gasteiger charge is -2.37. The molecule has 0 unspecified atom stereocenters. The van der Waals surface area contributed by atoms with Crippen LogP contribution in [-0.2, 0) is 4.79 Å². The highest BCUT2D eigenvalue weighted by molar-refractivity contribution is 6.04. The Labute approximate surface area is 154 Å². The Morgan fingerprint density at radius 2 is 1.50 bits per heavy atom. The molecule has 1 fully saturated rings. The standard InChI is InChI=1S/C21H25N3O2/c1-16(2)21(26)24-14-12-23(13-15-24)19-10-8-18(9-11-19)22-20(25)17-6-4-3-5-7-17/h3-11,16H,12-15H2,1-2H3,(H,22,25). The first kappa shape index (κ1) is 18.0. The van der Waals surface area contributed by atoms with Crippen LogP contribution in [0.3, 0.4) is 0 Å². The van der Waals surface area contributed by atoms with E-state index in [1.165, 1.54) is 0 Å². The van der Waals surface area contributed by atoms with Crippen molar-refractivity contribution >= 4 is 23.2 Å². The lowest BCUT2D eigenvalue weighted by atomic mass is 10.1. The quantitative estimate of drug-likeness (QED) is 0.920. The molecule has 0 aliphatic carbocycles. The predicted molar refractivity (Wildman–Crippen MR) is 104 cm³/mol. The molecular formula is C21H25N3O2. The van der Waals surface area contributed by atoms with E-state index in [0.717, 1.165) is 37.6 Å². The lowest BCUT2D eigenvalue weighted by molar-refractivity contribution is -0.134. The highest BCUT2D eigenvalue weighted by Gasteiger charge is 2.22. The second-order valence-corrected chi connectivity index (χ2v) is 6.83. The normalized spacial score (nSPS) is 14.4. The molecule has 26 heavy (non-hydrogen) atoms. The van der Waals surface area contributed by atoms with Gasteiger partial charge in [0.1, 0.15) is 0 Å². The van der Waals surface area contributed by atoms with Crippen molar-refractivity contribution in [3.63, 3.8) is 0 Å². The predicted octanol–water partition coefficient (Wildman–Crippen LogP) is 3.24. The number of carbonyl (C=O) groups excluding carboxylic acids is 2. The van der Waals surface area contributed by atoms with Crippen molar-refractivity contribution < 1.29 is 9.59 Å². The van der Waals surface area contributed by atoms with Crippen LogP contribution in [0.15, 0.2) is 54.6 Å². The summed E-state index contributed by atoms with van der Waals surface area (Å²) in [5, 5.41) is 2.91. The van der Waals surface area contributed by atoms with E-state index in [9.17, 15) is 9.59 Å². The molecule has 1 saturated heterocycles. The van der Waals surface area contributed by atoms with Crippen LogP contribution in [0.4, 0.5) is 11.4 Å². The fourth-order valence-electron chi connectivity index (χ4n) is 3.10. The van der Waals surface area contributed by atoms with Crippen LogP contribution >= 0.6 is 0 Å². The van der Waals surface area contributed by atoms with Gasteiger partial charge in [0.25, 0.3) is 5.91 Å². The van der Waals surface area contributed by atoms with Crippen LogP contribution in [-0.4, -0.2) is 42.9 Å². The number of nitrogens with zero attached hydrogens (tertiary/aromatic N) is 2. The minimum absolute atomic E-state index is 0.0501. The molecule has 0 saturated carbocycles. The summed E-state index contributed by atoms with van der Waals surface area (Å²) in [6.07, 6.45) is 0. The molecule has 0 bridgehead atoms. The Balaban J connectivity index is 1.57. The van der Waals surface area contributed by atoms with Crippen molar-refractivity contribution in [3.05, 3.63) is 60.2 Å². The topological polar surface area (TPSA) is 52.7 Å². The zero-order chi connectivity index (χ0) is 18.5. The number of rotatable bonds is 4. The molecule has 5 nitrogen and oxygen atoms in total. The van der Waals surface area contributed by atoms with Crippen molar-refractivity contribution in [1.82, 2.24) is 4.90 Å². The number of carbonyl (C=O) groups is 2. The molecule has 0 aromatic heterocycles. The number of benzene rings is 2. The minimum atomic E-state index is -0.112. The summed E-state index contributed by atoms with van der Waals surface area (Å²) < 4.78 is 0. The summed E-state index contributed by atoms with van der Waals surface area (Å²) in [6.45, 7) is 7.05. The van der Waals surface area contributed by atoms with Crippen molar-refractivity contribution in [2.45, 2.75) is 13.8 Å². The van der Waals surface area contributed by atoms with Crippen molar-refractivity contribution in [2.24, 2.45) is 5.92 Å². The summed E-state index contributed by atoms with van der Waals surface area (Å²) in [7, 11) is 0. The Morgan fingerprint density at radius 1 is 0.885 bits per heavy atom. The molecule has 136 valence electrons. The third kappa shape index (κ3) is 4.23. The first-order valence-electron chi connectivity index (χ1n) is 9.05. The fourth-order valence-corrected chi connectivity index (χ4v) is 3.10. The summed E-state index contributed by atoms with van der Waals surface area (Å²) in [5.41, 5.74) is 2.53. The average Bonchev–Trinajstić information content (AvgIpc) is 2.69. The highest BCUT2D eigenvalue weighted by Crippen LogP contribution is 2.20. The number of anilines is 2. The third-order valence-corrected chi connectivity index (χ3v) is 4.61. The van der Waals surface area contributed by atoms with Gasteiger partial charge in [-0.15, -0.1) is 0 Å². The van der Waals surface area contributed by atoms with Crippen LogP contribution in [0.1, 0.15) is 24.2 Å². The number of nitrogens with one attached hydrogen (secondary N) is 1. The van der Waals surface area contributed by atoms with Crippen LogP contribution in [0.2, 0.25) is 0 Å². The van der Waals surface area contributed by atoms with E-state index < -0.39 is 0 Å². The first-order valence-corrected chi connectivity index (χ1v) is 9.05. The van der Waals surface area contributed by atoms with Crippen molar-refractivity contribution in [2.75, 3.05) is 36.4 Å². The van der Waals surface area contributed by atoms with E-state index in [0.29, 0.717) is 5.56 Å². The SMILES string of the molecule is CC(C)C(=O)N1CCN(c2ccc(NC(=O)c3ccccc3)cc2)CC1. The van der Waals surface area contributed by atoms with Gasteiger partial charge < -0.3 is 15.1 Å². The third-order valence-electron chi connectivity index (χ3n) is 4.61. The van der Waals surface area contributed by atoms with E-state index >= 15 is 0 Å². The molecule has 0 radical (unpaired) electrons. The van der Waals surface area contributed by atoms with Crippen LogP contribution in [0.25, 0.3) is 0 Å². The number of hydrogen-bond donors (Lipinski definition) is 1. The van der Waals surface area contributed by atoms with Gasteiger partial charge in [-0.25, -0.2) is 0 Å². The summed E-state index contributed by atoms with van der Waals surface area (Å²) >= 11 is 0. The van der Waals surface area contributed by atoms with E-state index in [4.69, 9.17) is 0 Å². The molecule has 1 heterocycles. The Bertz CT molecular complexity index is 749. The molecule has 0 atom stereocenters. The van der Waals surface area contributed by atoms with Crippen LogP contribution in [0.5, 0.6) is 0 Å². The van der Waals surface area contributed by atoms with Gasteiger partial charge in [0, 0.05) is 49.0 Å². The average molecular weight is 351 g/mol. The Hall–Kier alpha value is -2.82. The summed E-state index contributed by atoms with van der Waals surface area (Å²) in [6, 6.07) is 17.0.